The molecule has 2 rings (SSSR count). The fraction of sp³-hybridized carbons (Fsp3) is 0.500. The van der Waals surface area contributed by atoms with Gasteiger partial charge in [0.2, 0.25) is 5.91 Å². The average molecular weight is 318 g/mol. The fourth-order valence-corrected chi connectivity index (χ4v) is 2.42. The predicted molar refractivity (Wildman–Crippen MR) is 85.9 cm³/mol. The number of nitrogens with zero attached hydrogens (tertiary/aromatic N) is 1. The van der Waals surface area contributed by atoms with Crippen LogP contribution in [0.5, 0.6) is 0 Å². The van der Waals surface area contributed by atoms with Crippen molar-refractivity contribution in [2.45, 2.75) is 19.4 Å². The third kappa shape index (κ3) is 4.94. The predicted octanol–water partition coefficient (Wildman–Crippen LogP) is 2.38. The molecule has 1 saturated heterocycles. The molecule has 6 heteroatoms. The number of carbonyl (C=O) groups excluding carboxylic acids is 1. The number of hydrogen-bond donors (Lipinski definition) is 2. The van der Waals surface area contributed by atoms with E-state index in [1.54, 1.807) is 6.07 Å². The molecule has 0 aromatic heterocycles. The number of anilines is 1. The number of piperazine rings is 1. The van der Waals surface area contributed by atoms with Crippen molar-refractivity contribution in [1.29, 1.82) is 0 Å². The smallest absolute Gasteiger partial charge is 0.225 e. The number of carbonyl (C=O) groups is 1. The molecule has 0 spiro atoms. The van der Waals surface area contributed by atoms with Gasteiger partial charge < -0.3 is 10.6 Å². The first-order valence-corrected chi connectivity index (χ1v) is 7.04. The van der Waals surface area contributed by atoms with E-state index in [4.69, 9.17) is 11.6 Å². The molecule has 0 bridgehead atoms. The normalized spacial score (nSPS) is 19.2. The third-order valence-corrected chi connectivity index (χ3v) is 3.74. The van der Waals surface area contributed by atoms with E-state index in [-0.39, 0.29) is 18.3 Å². The number of halogens is 2. The lowest BCUT2D eigenvalue weighted by molar-refractivity contribution is -0.116. The van der Waals surface area contributed by atoms with Crippen molar-refractivity contribution < 1.29 is 4.79 Å². The zero-order valence-electron chi connectivity index (χ0n) is 11.6. The van der Waals surface area contributed by atoms with Gasteiger partial charge in [-0.1, -0.05) is 23.7 Å². The van der Waals surface area contributed by atoms with Crippen molar-refractivity contribution in [2.24, 2.45) is 0 Å². The molecule has 0 radical (unpaired) electrons. The van der Waals surface area contributed by atoms with Crippen LogP contribution < -0.4 is 10.6 Å². The molecule has 1 aliphatic heterocycles. The maximum absolute atomic E-state index is 11.9. The lowest BCUT2D eigenvalue weighted by Gasteiger charge is -2.33. The molecule has 20 heavy (non-hydrogen) atoms. The number of para-hydroxylation sites is 1. The highest BCUT2D eigenvalue weighted by atomic mass is 35.5. The van der Waals surface area contributed by atoms with Crippen LogP contribution in [0.2, 0.25) is 5.02 Å². The van der Waals surface area contributed by atoms with Gasteiger partial charge in [0.1, 0.15) is 0 Å². The molecular weight excluding hydrogens is 297 g/mol. The Bertz CT molecular complexity index is 442. The number of benzene rings is 1. The summed E-state index contributed by atoms with van der Waals surface area (Å²) in [6.45, 7) is 5.96. The quantitative estimate of drug-likeness (QED) is 0.896. The van der Waals surface area contributed by atoms with Gasteiger partial charge >= 0.3 is 0 Å². The summed E-state index contributed by atoms with van der Waals surface area (Å²) in [7, 11) is 0. The van der Waals surface area contributed by atoms with Crippen LogP contribution in [0, 0.1) is 0 Å². The standard InChI is InChI=1S/C14H20ClN3O.ClH/c1-11-10-16-7-9-18(11)8-6-14(19)17-13-5-3-2-4-12(13)15;/h2-5,11,16H,6-10H2,1H3,(H,17,19);1H/t11-;/m0./s1. The summed E-state index contributed by atoms with van der Waals surface area (Å²) in [6.07, 6.45) is 0.496. The summed E-state index contributed by atoms with van der Waals surface area (Å²) in [5, 5.41) is 6.77. The first-order valence-electron chi connectivity index (χ1n) is 6.66. The SMILES string of the molecule is C[C@H]1CNCCN1CCC(=O)Nc1ccccc1Cl.Cl. The van der Waals surface area contributed by atoms with Crippen LogP contribution in [-0.4, -0.2) is 43.0 Å². The lowest BCUT2D eigenvalue weighted by Crippen LogP contribution is -2.50. The minimum Gasteiger partial charge on any atom is -0.325 e. The Hall–Kier alpha value is -0.810. The minimum absolute atomic E-state index is 0. The third-order valence-electron chi connectivity index (χ3n) is 3.41. The Morgan fingerprint density at radius 3 is 2.95 bits per heavy atom. The van der Waals surface area contributed by atoms with Gasteiger partial charge in [0.25, 0.3) is 0 Å². The molecular formula is C14H21Cl2N3O. The van der Waals surface area contributed by atoms with Gasteiger partial charge in [0.15, 0.2) is 0 Å². The summed E-state index contributed by atoms with van der Waals surface area (Å²) < 4.78 is 0. The molecule has 1 amide bonds. The second-order valence-corrected chi connectivity index (χ2v) is 5.27. The molecule has 1 heterocycles. The molecule has 1 fully saturated rings. The highest BCUT2D eigenvalue weighted by Crippen LogP contribution is 2.20. The highest BCUT2D eigenvalue weighted by molar-refractivity contribution is 6.33. The lowest BCUT2D eigenvalue weighted by atomic mass is 10.2. The van der Waals surface area contributed by atoms with Crippen molar-refractivity contribution in [3.63, 3.8) is 0 Å². The van der Waals surface area contributed by atoms with Gasteiger partial charge in [-0.2, -0.15) is 0 Å². The van der Waals surface area contributed by atoms with Gasteiger partial charge in [-0.15, -0.1) is 12.4 Å². The minimum atomic E-state index is 0. The topological polar surface area (TPSA) is 44.4 Å². The zero-order chi connectivity index (χ0) is 13.7. The van der Waals surface area contributed by atoms with Crippen LogP contribution in [0.3, 0.4) is 0 Å². The van der Waals surface area contributed by atoms with Crippen molar-refractivity contribution in [3.8, 4) is 0 Å². The molecule has 1 atom stereocenters. The van der Waals surface area contributed by atoms with E-state index in [0.29, 0.717) is 23.2 Å². The largest absolute Gasteiger partial charge is 0.325 e. The molecule has 1 aliphatic rings. The van der Waals surface area contributed by atoms with Crippen molar-refractivity contribution in [2.75, 3.05) is 31.5 Å². The van der Waals surface area contributed by atoms with Gasteiger partial charge in [0, 0.05) is 38.6 Å². The van der Waals surface area contributed by atoms with Crippen molar-refractivity contribution >= 4 is 35.6 Å². The van der Waals surface area contributed by atoms with Crippen LogP contribution in [0.4, 0.5) is 5.69 Å². The van der Waals surface area contributed by atoms with Crippen LogP contribution in [0.15, 0.2) is 24.3 Å². The van der Waals surface area contributed by atoms with Gasteiger partial charge in [-0.3, -0.25) is 9.69 Å². The van der Waals surface area contributed by atoms with Crippen molar-refractivity contribution in [3.05, 3.63) is 29.3 Å². The Balaban J connectivity index is 0.00000200. The molecule has 1 aromatic carbocycles. The molecule has 0 aliphatic carbocycles. The van der Waals surface area contributed by atoms with Crippen LogP contribution >= 0.6 is 24.0 Å². The second-order valence-electron chi connectivity index (χ2n) is 4.87. The number of hydrogen-bond acceptors (Lipinski definition) is 3. The Morgan fingerprint density at radius 2 is 2.25 bits per heavy atom. The maximum Gasteiger partial charge on any atom is 0.225 e. The molecule has 2 N–H and O–H groups in total. The highest BCUT2D eigenvalue weighted by Gasteiger charge is 2.18. The van der Waals surface area contributed by atoms with Crippen LogP contribution in [0.25, 0.3) is 0 Å². The Kier molecular flexibility index (Phi) is 7.30. The number of nitrogens with one attached hydrogen (secondary N) is 2. The van der Waals surface area contributed by atoms with Crippen LogP contribution in [0.1, 0.15) is 13.3 Å². The molecule has 0 saturated carbocycles. The van der Waals surface area contributed by atoms with Gasteiger partial charge in [-0.05, 0) is 19.1 Å². The van der Waals surface area contributed by atoms with Gasteiger partial charge in [0.05, 0.1) is 10.7 Å². The average Bonchev–Trinajstić information content (AvgIpc) is 2.40. The maximum atomic E-state index is 11.9. The van der Waals surface area contributed by atoms with Crippen LogP contribution in [-0.2, 0) is 4.79 Å². The van der Waals surface area contributed by atoms with Crippen molar-refractivity contribution in [1.82, 2.24) is 10.2 Å². The number of rotatable bonds is 4. The summed E-state index contributed by atoms with van der Waals surface area (Å²) in [5.41, 5.74) is 0.683. The first kappa shape index (κ1) is 17.2. The van der Waals surface area contributed by atoms with E-state index in [1.165, 1.54) is 0 Å². The van der Waals surface area contributed by atoms with E-state index >= 15 is 0 Å². The summed E-state index contributed by atoms with van der Waals surface area (Å²) >= 11 is 6.01. The fourth-order valence-electron chi connectivity index (χ4n) is 2.24. The van der Waals surface area contributed by atoms with E-state index in [9.17, 15) is 4.79 Å². The van der Waals surface area contributed by atoms with E-state index in [1.807, 2.05) is 18.2 Å². The molecule has 0 unspecified atom stereocenters. The molecule has 1 aromatic rings. The first-order chi connectivity index (χ1) is 9.16. The Morgan fingerprint density at radius 1 is 1.50 bits per heavy atom. The summed E-state index contributed by atoms with van der Waals surface area (Å²) in [6, 6.07) is 7.78. The molecule has 112 valence electrons. The summed E-state index contributed by atoms with van der Waals surface area (Å²) in [5.74, 6) is 0.0128. The monoisotopic (exact) mass is 317 g/mol. The van der Waals surface area contributed by atoms with E-state index in [0.717, 1.165) is 26.2 Å². The summed E-state index contributed by atoms with van der Waals surface area (Å²) in [4.78, 5) is 14.2. The van der Waals surface area contributed by atoms with Gasteiger partial charge in [-0.25, -0.2) is 0 Å². The van der Waals surface area contributed by atoms with E-state index in [2.05, 4.69) is 22.5 Å². The second kappa shape index (κ2) is 8.47. The zero-order valence-corrected chi connectivity index (χ0v) is 13.1. The van der Waals surface area contributed by atoms with E-state index < -0.39 is 0 Å². The Labute approximate surface area is 131 Å². The molecule has 4 nitrogen and oxygen atoms in total. The number of amides is 1.